The number of rotatable bonds is 4. The first kappa shape index (κ1) is 11.0. The molecule has 1 saturated heterocycles. The van der Waals surface area contributed by atoms with Crippen LogP contribution in [0.15, 0.2) is 30.3 Å². The fraction of sp³-hybridized carbons (Fsp3) is 0.500. The molecule has 1 heterocycles. The lowest BCUT2D eigenvalue weighted by molar-refractivity contribution is 0.158. The molecule has 1 aromatic rings. The minimum Gasteiger partial charge on any atom is -0.391 e. The Morgan fingerprint density at radius 2 is 2.07 bits per heavy atom. The molecule has 3 heteroatoms. The summed E-state index contributed by atoms with van der Waals surface area (Å²) in [6.07, 6.45) is -0.145. The molecule has 0 unspecified atom stereocenters. The van der Waals surface area contributed by atoms with Gasteiger partial charge >= 0.3 is 0 Å². The number of thioether (sulfide) groups is 1. The molecule has 0 saturated carbocycles. The van der Waals surface area contributed by atoms with Crippen LogP contribution in [0.1, 0.15) is 5.56 Å². The molecule has 2 nitrogen and oxygen atoms in total. The van der Waals surface area contributed by atoms with Gasteiger partial charge in [0.15, 0.2) is 0 Å². The van der Waals surface area contributed by atoms with E-state index in [-0.39, 0.29) is 6.10 Å². The van der Waals surface area contributed by atoms with Crippen LogP contribution in [0.25, 0.3) is 0 Å². The molecule has 2 rings (SSSR count). The molecule has 15 heavy (non-hydrogen) atoms. The molecular weight excluding hydrogens is 206 g/mol. The van der Waals surface area contributed by atoms with Gasteiger partial charge in [-0.05, 0) is 5.56 Å². The van der Waals surface area contributed by atoms with Crippen molar-refractivity contribution in [2.45, 2.75) is 11.9 Å². The summed E-state index contributed by atoms with van der Waals surface area (Å²) in [5.74, 6) is 2.52. The third-order valence-corrected chi connectivity index (χ3v) is 3.95. The van der Waals surface area contributed by atoms with E-state index in [4.69, 9.17) is 0 Å². The molecule has 1 aromatic carbocycles. The Labute approximate surface area is 95.1 Å². The van der Waals surface area contributed by atoms with Gasteiger partial charge < -0.3 is 10.4 Å². The number of nitrogens with one attached hydrogen (secondary N) is 1. The van der Waals surface area contributed by atoms with Crippen LogP contribution in [0.3, 0.4) is 0 Å². The number of hydrogen-bond donors (Lipinski definition) is 2. The first-order valence-electron chi connectivity index (χ1n) is 5.36. The fourth-order valence-corrected chi connectivity index (χ4v) is 2.98. The van der Waals surface area contributed by atoms with Crippen molar-refractivity contribution in [3.63, 3.8) is 0 Å². The second-order valence-corrected chi connectivity index (χ2v) is 5.02. The van der Waals surface area contributed by atoms with E-state index in [1.165, 1.54) is 5.56 Å². The molecule has 2 atom stereocenters. The van der Waals surface area contributed by atoms with Crippen LogP contribution in [0.4, 0.5) is 0 Å². The summed E-state index contributed by atoms with van der Waals surface area (Å²) in [5, 5.41) is 12.8. The summed E-state index contributed by atoms with van der Waals surface area (Å²) in [5.41, 5.74) is 1.36. The van der Waals surface area contributed by atoms with Crippen molar-refractivity contribution in [3.8, 4) is 0 Å². The highest BCUT2D eigenvalue weighted by molar-refractivity contribution is 7.98. The van der Waals surface area contributed by atoms with Crippen LogP contribution < -0.4 is 5.32 Å². The monoisotopic (exact) mass is 223 g/mol. The highest BCUT2D eigenvalue weighted by atomic mass is 32.2. The Morgan fingerprint density at radius 3 is 2.73 bits per heavy atom. The van der Waals surface area contributed by atoms with Crippen LogP contribution in [0.5, 0.6) is 0 Å². The maximum absolute atomic E-state index is 9.61. The molecule has 1 fully saturated rings. The smallest absolute Gasteiger partial charge is 0.0712 e. The Morgan fingerprint density at radius 1 is 1.27 bits per heavy atom. The Hall–Kier alpha value is -0.510. The van der Waals surface area contributed by atoms with Gasteiger partial charge in [-0.1, -0.05) is 30.3 Å². The number of aliphatic hydroxyl groups excluding tert-OH is 1. The van der Waals surface area contributed by atoms with E-state index in [0.29, 0.717) is 5.92 Å². The molecule has 0 aromatic heterocycles. The highest BCUT2D eigenvalue weighted by Gasteiger charge is 2.24. The first-order valence-corrected chi connectivity index (χ1v) is 6.52. The van der Waals surface area contributed by atoms with E-state index < -0.39 is 0 Å². The summed E-state index contributed by atoms with van der Waals surface area (Å²) < 4.78 is 0. The quantitative estimate of drug-likeness (QED) is 0.811. The van der Waals surface area contributed by atoms with Crippen LogP contribution in [-0.2, 0) is 5.75 Å². The zero-order chi connectivity index (χ0) is 10.5. The van der Waals surface area contributed by atoms with Gasteiger partial charge in [-0.2, -0.15) is 11.8 Å². The largest absolute Gasteiger partial charge is 0.391 e. The molecule has 2 N–H and O–H groups in total. The minimum atomic E-state index is -0.145. The van der Waals surface area contributed by atoms with Crippen LogP contribution in [0.2, 0.25) is 0 Å². The topological polar surface area (TPSA) is 32.3 Å². The second-order valence-electron chi connectivity index (χ2n) is 3.99. The fourth-order valence-electron chi connectivity index (χ4n) is 1.79. The maximum atomic E-state index is 9.61. The van der Waals surface area contributed by atoms with Crippen LogP contribution in [0, 0.1) is 5.92 Å². The third kappa shape index (κ3) is 3.23. The molecule has 0 amide bonds. The lowest BCUT2D eigenvalue weighted by Gasteiger charge is -2.12. The van der Waals surface area contributed by atoms with E-state index in [1.54, 1.807) is 0 Å². The number of benzene rings is 1. The standard InChI is InChI=1S/C12H17NOS/c14-12-7-13-6-11(12)9-15-8-10-4-2-1-3-5-10/h1-5,11-14H,6-9H2/t11-,12-/m1/s1. The molecule has 1 aliphatic rings. The first-order chi connectivity index (χ1) is 7.36. The zero-order valence-corrected chi connectivity index (χ0v) is 9.54. The van der Waals surface area contributed by atoms with E-state index >= 15 is 0 Å². The average molecular weight is 223 g/mol. The van der Waals surface area contributed by atoms with Crippen molar-refractivity contribution in [2.75, 3.05) is 18.8 Å². The Balaban J connectivity index is 1.71. The summed E-state index contributed by atoms with van der Waals surface area (Å²) in [6.45, 7) is 1.72. The summed E-state index contributed by atoms with van der Waals surface area (Å²) in [4.78, 5) is 0. The van der Waals surface area contributed by atoms with E-state index in [9.17, 15) is 5.11 Å². The zero-order valence-electron chi connectivity index (χ0n) is 8.73. The lowest BCUT2D eigenvalue weighted by Crippen LogP contribution is -2.19. The van der Waals surface area contributed by atoms with Crippen molar-refractivity contribution >= 4 is 11.8 Å². The SMILES string of the molecule is O[C@@H]1CNC[C@@H]1CSCc1ccccc1. The van der Waals surface area contributed by atoms with Gasteiger partial charge in [0.1, 0.15) is 0 Å². The average Bonchev–Trinajstić information content (AvgIpc) is 2.66. The number of hydrogen-bond acceptors (Lipinski definition) is 3. The van der Waals surface area contributed by atoms with Gasteiger partial charge in [0.25, 0.3) is 0 Å². The van der Waals surface area contributed by atoms with Crippen molar-refractivity contribution in [2.24, 2.45) is 5.92 Å². The molecular formula is C12H17NOS. The molecule has 0 aliphatic carbocycles. The van der Waals surface area contributed by atoms with E-state index in [2.05, 4.69) is 29.6 Å². The van der Waals surface area contributed by atoms with Crippen molar-refractivity contribution in [1.29, 1.82) is 0 Å². The Bertz CT molecular complexity index is 291. The number of aliphatic hydroxyl groups is 1. The highest BCUT2D eigenvalue weighted by Crippen LogP contribution is 2.19. The van der Waals surface area contributed by atoms with E-state index in [1.807, 2.05) is 17.8 Å². The molecule has 0 spiro atoms. The van der Waals surface area contributed by atoms with Gasteiger partial charge in [0, 0.05) is 30.5 Å². The van der Waals surface area contributed by atoms with Gasteiger partial charge in [-0.15, -0.1) is 0 Å². The lowest BCUT2D eigenvalue weighted by atomic mass is 10.1. The second kappa shape index (κ2) is 5.54. The van der Waals surface area contributed by atoms with E-state index in [0.717, 1.165) is 24.6 Å². The van der Waals surface area contributed by atoms with Crippen molar-refractivity contribution in [3.05, 3.63) is 35.9 Å². The van der Waals surface area contributed by atoms with Crippen LogP contribution >= 0.6 is 11.8 Å². The normalized spacial score (nSPS) is 25.7. The molecule has 0 bridgehead atoms. The molecule has 1 aliphatic heterocycles. The maximum Gasteiger partial charge on any atom is 0.0712 e. The predicted octanol–water partition coefficient (Wildman–Crippen LogP) is 1.50. The number of β-amino-alcohol motifs (C(OH)–C–C–N with tert-alkyl or cyclic N) is 1. The molecule has 82 valence electrons. The minimum absolute atomic E-state index is 0.145. The molecule has 0 radical (unpaired) electrons. The summed E-state index contributed by atoms with van der Waals surface area (Å²) in [6, 6.07) is 10.5. The van der Waals surface area contributed by atoms with Crippen molar-refractivity contribution in [1.82, 2.24) is 5.32 Å². The van der Waals surface area contributed by atoms with Gasteiger partial charge in [0.2, 0.25) is 0 Å². The van der Waals surface area contributed by atoms with Gasteiger partial charge in [-0.3, -0.25) is 0 Å². The van der Waals surface area contributed by atoms with Crippen molar-refractivity contribution < 1.29 is 5.11 Å². The predicted molar refractivity (Wildman–Crippen MR) is 65.0 cm³/mol. The third-order valence-electron chi connectivity index (χ3n) is 2.75. The van der Waals surface area contributed by atoms with Crippen LogP contribution in [-0.4, -0.2) is 30.1 Å². The van der Waals surface area contributed by atoms with Gasteiger partial charge in [-0.25, -0.2) is 0 Å². The Kier molecular flexibility index (Phi) is 4.06. The summed E-state index contributed by atoms with van der Waals surface area (Å²) >= 11 is 1.91. The van der Waals surface area contributed by atoms with Gasteiger partial charge in [0.05, 0.1) is 6.10 Å². The summed E-state index contributed by atoms with van der Waals surface area (Å²) in [7, 11) is 0.